The highest BCUT2D eigenvalue weighted by Gasteiger charge is 2.09. The number of aromatic hydroxyl groups is 1. The number of carbonyl (C=O) groups is 1. The Morgan fingerprint density at radius 1 is 1.57 bits per heavy atom. The molecule has 0 bridgehead atoms. The Morgan fingerprint density at radius 3 is 2.71 bits per heavy atom. The van der Waals surface area contributed by atoms with Gasteiger partial charge in [-0.25, -0.2) is 0 Å². The molecule has 1 aromatic carbocycles. The summed E-state index contributed by atoms with van der Waals surface area (Å²) in [6.45, 7) is 1.70. The van der Waals surface area contributed by atoms with Gasteiger partial charge in [-0.2, -0.15) is 5.26 Å². The van der Waals surface area contributed by atoms with Crippen molar-refractivity contribution in [1.82, 2.24) is 0 Å². The molecule has 0 saturated carbocycles. The zero-order valence-electron chi connectivity index (χ0n) is 7.61. The number of phenolic OH excluding ortho intramolecular Hbond substituents is 1. The van der Waals surface area contributed by atoms with Crippen LogP contribution in [0.25, 0.3) is 0 Å². The Labute approximate surface area is 81.0 Å². The molecule has 0 fully saturated rings. The summed E-state index contributed by atoms with van der Waals surface area (Å²) in [4.78, 5) is 10.4. The second kappa shape index (κ2) is 3.79. The van der Waals surface area contributed by atoms with Crippen LogP contribution in [-0.4, -0.2) is 16.2 Å². The van der Waals surface area contributed by atoms with Gasteiger partial charge in [-0.15, -0.1) is 0 Å². The van der Waals surface area contributed by atoms with Gasteiger partial charge in [0.2, 0.25) is 0 Å². The van der Waals surface area contributed by atoms with Crippen molar-refractivity contribution in [3.05, 3.63) is 28.8 Å². The molecule has 2 N–H and O–H groups in total. The molecule has 0 spiro atoms. The number of carboxylic acids is 1. The van der Waals surface area contributed by atoms with Crippen LogP contribution >= 0.6 is 0 Å². The van der Waals surface area contributed by atoms with E-state index in [1.54, 1.807) is 6.92 Å². The minimum Gasteiger partial charge on any atom is -0.508 e. The maximum atomic E-state index is 10.4. The van der Waals surface area contributed by atoms with Crippen molar-refractivity contribution in [2.24, 2.45) is 0 Å². The molecule has 72 valence electrons. The van der Waals surface area contributed by atoms with Crippen molar-refractivity contribution >= 4 is 5.97 Å². The van der Waals surface area contributed by atoms with Crippen LogP contribution < -0.4 is 0 Å². The molecule has 4 heteroatoms. The molecule has 0 radical (unpaired) electrons. The molecule has 0 aliphatic carbocycles. The lowest BCUT2D eigenvalue weighted by Gasteiger charge is -2.04. The van der Waals surface area contributed by atoms with E-state index in [2.05, 4.69) is 0 Å². The minimum atomic E-state index is -1.01. The second-order valence-corrected chi connectivity index (χ2v) is 2.98. The largest absolute Gasteiger partial charge is 0.508 e. The third kappa shape index (κ3) is 2.02. The van der Waals surface area contributed by atoms with Gasteiger partial charge in [0.25, 0.3) is 0 Å². The highest BCUT2D eigenvalue weighted by molar-refractivity contribution is 5.71. The highest BCUT2D eigenvalue weighted by Crippen LogP contribution is 2.22. The normalized spacial score (nSPS) is 9.43. The van der Waals surface area contributed by atoms with Crippen molar-refractivity contribution in [3.63, 3.8) is 0 Å². The maximum absolute atomic E-state index is 10.4. The fourth-order valence-corrected chi connectivity index (χ4v) is 1.18. The van der Waals surface area contributed by atoms with Gasteiger partial charge in [-0.05, 0) is 18.6 Å². The molecular formula is C10H9NO3. The van der Waals surface area contributed by atoms with Gasteiger partial charge in [-0.3, -0.25) is 4.79 Å². The van der Waals surface area contributed by atoms with E-state index in [-0.39, 0.29) is 12.2 Å². The average molecular weight is 191 g/mol. The number of aryl methyl sites for hydroxylation is 1. The van der Waals surface area contributed by atoms with Crippen molar-refractivity contribution in [2.45, 2.75) is 13.3 Å². The number of phenols is 1. The predicted octanol–water partition coefficient (Wildman–Crippen LogP) is 1.20. The summed E-state index contributed by atoms with van der Waals surface area (Å²) in [6, 6.07) is 4.71. The molecular weight excluding hydrogens is 182 g/mol. The molecule has 0 aliphatic rings. The van der Waals surface area contributed by atoms with E-state index >= 15 is 0 Å². The summed E-state index contributed by atoms with van der Waals surface area (Å²) in [5, 5.41) is 26.6. The van der Waals surface area contributed by atoms with Crippen LogP contribution in [0.3, 0.4) is 0 Å². The van der Waals surface area contributed by atoms with Crippen LogP contribution in [-0.2, 0) is 11.2 Å². The number of nitrogens with zero attached hydrogens (tertiary/aromatic N) is 1. The van der Waals surface area contributed by atoms with E-state index in [0.29, 0.717) is 16.7 Å². The van der Waals surface area contributed by atoms with Crippen LogP contribution in [0.5, 0.6) is 5.75 Å². The molecule has 1 rings (SSSR count). The first-order chi connectivity index (χ1) is 6.54. The Balaban J connectivity index is 3.16. The minimum absolute atomic E-state index is 0.144. The Morgan fingerprint density at radius 2 is 2.21 bits per heavy atom. The Bertz CT molecular complexity index is 418. The van der Waals surface area contributed by atoms with Crippen molar-refractivity contribution in [1.29, 1.82) is 5.26 Å². The molecule has 0 aliphatic heterocycles. The lowest BCUT2D eigenvalue weighted by molar-refractivity contribution is -0.136. The van der Waals surface area contributed by atoms with Crippen LogP contribution in [0, 0.1) is 18.3 Å². The lowest BCUT2D eigenvalue weighted by Crippen LogP contribution is -2.01. The maximum Gasteiger partial charge on any atom is 0.307 e. The highest BCUT2D eigenvalue weighted by atomic mass is 16.4. The Kier molecular flexibility index (Phi) is 2.73. The van der Waals surface area contributed by atoms with E-state index in [1.165, 1.54) is 12.1 Å². The van der Waals surface area contributed by atoms with E-state index < -0.39 is 5.97 Å². The smallest absolute Gasteiger partial charge is 0.307 e. The fraction of sp³-hybridized carbons (Fsp3) is 0.200. The summed E-state index contributed by atoms with van der Waals surface area (Å²) in [5.74, 6) is -1.15. The van der Waals surface area contributed by atoms with Gasteiger partial charge in [-0.1, -0.05) is 6.07 Å². The molecule has 1 aromatic rings. The summed E-state index contributed by atoms with van der Waals surface area (Å²) >= 11 is 0. The van der Waals surface area contributed by atoms with Crippen LogP contribution in [0.4, 0.5) is 0 Å². The number of hydrogen-bond donors (Lipinski definition) is 2. The van der Waals surface area contributed by atoms with E-state index in [4.69, 9.17) is 10.4 Å². The lowest BCUT2D eigenvalue weighted by atomic mass is 10.0. The van der Waals surface area contributed by atoms with Crippen LogP contribution in [0.2, 0.25) is 0 Å². The molecule has 0 heterocycles. The molecule has 14 heavy (non-hydrogen) atoms. The van der Waals surface area contributed by atoms with Crippen molar-refractivity contribution < 1.29 is 15.0 Å². The van der Waals surface area contributed by atoms with Gasteiger partial charge in [0.1, 0.15) is 5.75 Å². The zero-order valence-corrected chi connectivity index (χ0v) is 7.61. The van der Waals surface area contributed by atoms with Crippen molar-refractivity contribution in [2.75, 3.05) is 0 Å². The number of carboxylic acid groups (broad SMARTS) is 1. The molecule has 0 atom stereocenters. The number of rotatable bonds is 2. The number of benzene rings is 1. The average Bonchev–Trinajstić information content (AvgIpc) is 2.10. The number of nitriles is 1. The summed E-state index contributed by atoms with van der Waals surface area (Å²) in [7, 11) is 0. The molecule has 4 nitrogen and oxygen atoms in total. The first kappa shape index (κ1) is 10.1. The van der Waals surface area contributed by atoms with Crippen LogP contribution in [0.1, 0.15) is 16.7 Å². The number of aliphatic carboxylic acids is 1. The number of hydrogen-bond acceptors (Lipinski definition) is 3. The SMILES string of the molecule is Cc1cc(CC(=O)O)c(O)cc1C#N. The molecule has 0 unspecified atom stereocenters. The molecule has 0 aromatic heterocycles. The van der Waals surface area contributed by atoms with Crippen molar-refractivity contribution in [3.8, 4) is 11.8 Å². The fourth-order valence-electron chi connectivity index (χ4n) is 1.18. The molecule has 0 saturated heterocycles. The summed E-state index contributed by atoms with van der Waals surface area (Å²) in [6.07, 6.45) is -0.238. The van der Waals surface area contributed by atoms with E-state index in [1.807, 2.05) is 6.07 Å². The monoisotopic (exact) mass is 191 g/mol. The predicted molar refractivity (Wildman–Crippen MR) is 48.9 cm³/mol. The second-order valence-electron chi connectivity index (χ2n) is 2.98. The summed E-state index contributed by atoms with van der Waals surface area (Å²) in [5.41, 5.74) is 1.35. The standard InChI is InChI=1S/C10H9NO3/c1-6-2-7(4-10(13)14)9(12)3-8(6)5-11/h2-3,12H,4H2,1H3,(H,13,14). The summed E-state index contributed by atoms with van der Waals surface area (Å²) < 4.78 is 0. The van der Waals surface area contributed by atoms with Crippen LogP contribution in [0.15, 0.2) is 12.1 Å². The topological polar surface area (TPSA) is 81.3 Å². The van der Waals surface area contributed by atoms with E-state index in [0.717, 1.165) is 0 Å². The third-order valence-electron chi connectivity index (χ3n) is 1.89. The zero-order chi connectivity index (χ0) is 10.7. The molecule has 0 amide bonds. The van der Waals surface area contributed by atoms with Gasteiger partial charge in [0.15, 0.2) is 0 Å². The quantitative estimate of drug-likeness (QED) is 0.735. The first-order valence-electron chi connectivity index (χ1n) is 3.99. The van der Waals surface area contributed by atoms with Gasteiger partial charge < -0.3 is 10.2 Å². The van der Waals surface area contributed by atoms with E-state index in [9.17, 15) is 9.90 Å². The van der Waals surface area contributed by atoms with Gasteiger partial charge >= 0.3 is 5.97 Å². The van der Waals surface area contributed by atoms with Gasteiger partial charge in [0, 0.05) is 5.56 Å². The third-order valence-corrected chi connectivity index (χ3v) is 1.89. The Hall–Kier alpha value is -2.02. The van der Waals surface area contributed by atoms with Gasteiger partial charge in [0.05, 0.1) is 18.1 Å². The first-order valence-corrected chi connectivity index (χ1v) is 3.99.